The maximum absolute atomic E-state index is 13.3. The minimum atomic E-state index is -0.232. The zero-order chi connectivity index (χ0) is 19.6. The van der Waals surface area contributed by atoms with E-state index in [-0.39, 0.29) is 11.7 Å². The van der Waals surface area contributed by atoms with Crippen molar-refractivity contribution < 1.29 is 4.39 Å². The number of guanidine groups is 1. The lowest BCUT2D eigenvalue weighted by atomic mass is 9.92. The van der Waals surface area contributed by atoms with Gasteiger partial charge in [0.05, 0.1) is 6.33 Å². The molecule has 4 N–H and O–H groups in total. The lowest BCUT2D eigenvalue weighted by Gasteiger charge is -2.16. The molecule has 3 aromatic rings. The Kier molecular flexibility index (Phi) is 7.18. The number of nitrogens with one attached hydrogen (secondary N) is 2. The van der Waals surface area contributed by atoms with Gasteiger partial charge in [0.1, 0.15) is 5.82 Å². The third kappa shape index (κ3) is 6.23. The number of aromatic nitrogens is 2. The maximum atomic E-state index is 13.3. The Morgan fingerprint density at radius 1 is 1.14 bits per heavy atom. The molecular formula is C22H26FN5. The second-order valence-electron chi connectivity index (χ2n) is 6.77. The van der Waals surface area contributed by atoms with Crippen molar-refractivity contribution in [2.75, 3.05) is 13.1 Å². The molecule has 0 bridgehead atoms. The molecule has 0 aliphatic heterocycles. The van der Waals surface area contributed by atoms with Crippen molar-refractivity contribution in [2.24, 2.45) is 10.7 Å². The van der Waals surface area contributed by atoms with Gasteiger partial charge in [0.2, 0.25) is 0 Å². The molecule has 28 heavy (non-hydrogen) atoms. The number of hydrogen-bond donors (Lipinski definition) is 3. The average Bonchev–Trinajstić information content (AvgIpc) is 3.23. The van der Waals surface area contributed by atoms with Gasteiger partial charge in [-0.15, -0.1) is 0 Å². The highest BCUT2D eigenvalue weighted by Gasteiger charge is 2.13. The summed E-state index contributed by atoms with van der Waals surface area (Å²) in [5, 5.41) is 3.16. The second-order valence-corrected chi connectivity index (χ2v) is 6.77. The van der Waals surface area contributed by atoms with Gasteiger partial charge in [0.15, 0.2) is 5.96 Å². The summed E-state index contributed by atoms with van der Waals surface area (Å²) in [6, 6.07) is 16.9. The van der Waals surface area contributed by atoms with Crippen molar-refractivity contribution in [1.29, 1.82) is 0 Å². The molecule has 146 valence electrons. The van der Waals surface area contributed by atoms with Gasteiger partial charge in [-0.2, -0.15) is 0 Å². The molecule has 0 saturated heterocycles. The topological polar surface area (TPSA) is 79.1 Å². The van der Waals surface area contributed by atoms with Crippen molar-refractivity contribution in [3.8, 4) is 0 Å². The molecule has 0 aliphatic rings. The molecule has 0 fully saturated rings. The minimum absolute atomic E-state index is 0.133. The number of imidazole rings is 1. The fraction of sp³-hybridized carbons (Fsp3) is 0.273. The molecule has 6 heteroatoms. The van der Waals surface area contributed by atoms with Gasteiger partial charge in [0, 0.05) is 30.9 Å². The van der Waals surface area contributed by atoms with Gasteiger partial charge in [-0.1, -0.05) is 42.5 Å². The lowest BCUT2D eigenvalue weighted by molar-refractivity contribution is 0.623. The van der Waals surface area contributed by atoms with E-state index in [4.69, 9.17) is 5.73 Å². The number of rotatable bonds is 9. The highest BCUT2D eigenvalue weighted by molar-refractivity contribution is 5.77. The van der Waals surface area contributed by atoms with E-state index in [2.05, 4.69) is 32.4 Å². The summed E-state index contributed by atoms with van der Waals surface area (Å²) >= 11 is 0. The lowest BCUT2D eigenvalue weighted by Crippen LogP contribution is -2.33. The van der Waals surface area contributed by atoms with Crippen molar-refractivity contribution in [2.45, 2.75) is 25.2 Å². The molecule has 1 heterocycles. The first-order valence-electron chi connectivity index (χ1n) is 9.51. The van der Waals surface area contributed by atoms with Crippen LogP contribution in [0.15, 0.2) is 72.1 Å². The van der Waals surface area contributed by atoms with Crippen LogP contribution in [0.1, 0.15) is 29.2 Å². The number of aliphatic imine (C=N–C) groups is 1. The molecule has 0 radical (unpaired) electrons. The zero-order valence-electron chi connectivity index (χ0n) is 15.8. The Balaban J connectivity index is 1.56. The number of aryl methyl sites for hydroxylation is 1. The molecule has 2 aromatic carbocycles. The SMILES string of the molecule is NC(=NCC(Cc1ccccc1)c1ccc(F)cc1)NCCCc1cnc[nH]1. The van der Waals surface area contributed by atoms with Gasteiger partial charge < -0.3 is 16.0 Å². The van der Waals surface area contributed by atoms with Gasteiger partial charge in [-0.05, 0) is 42.5 Å². The highest BCUT2D eigenvalue weighted by atomic mass is 19.1. The summed E-state index contributed by atoms with van der Waals surface area (Å²) < 4.78 is 13.3. The third-order valence-corrected chi connectivity index (χ3v) is 4.63. The zero-order valence-corrected chi connectivity index (χ0v) is 15.8. The molecule has 0 spiro atoms. The Labute approximate surface area is 164 Å². The number of halogens is 1. The Morgan fingerprint density at radius 3 is 2.64 bits per heavy atom. The van der Waals surface area contributed by atoms with Crippen LogP contribution in [0, 0.1) is 5.82 Å². The molecule has 1 unspecified atom stereocenters. The summed E-state index contributed by atoms with van der Waals surface area (Å²) in [6.07, 6.45) is 6.18. The monoisotopic (exact) mass is 379 g/mol. The largest absolute Gasteiger partial charge is 0.370 e. The summed E-state index contributed by atoms with van der Waals surface area (Å²) in [7, 11) is 0. The molecule has 0 amide bonds. The van der Waals surface area contributed by atoms with Crippen LogP contribution in [0.3, 0.4) is 0 Å². The fourth-order valence-corrected chi connectivity index (χ4v) is 3.10. The molecule has 0 saturated carbocycles. The number of nitrogens with zero attached hydrogens (tertiary/aromatic N) is 2. The standard InChI is InChI=1S/C22H26FN5/c23-20-10-8-18(9-11-20)19(13-17-5-2-1-3-6-17)14-27-22(24)26-12-4-7-21-15-25-16-28-21/h1-3,5-6,8-11,15-16,19H,4,7,12-14H2,(H,25,28)(H3,24,26,27). The first-order valence-corrected chi connectivity index (χ1v) is 9.51. The molecule has 0 aliphatic carbocycles. The van der Waals surface area contributed by atoms with Crippen molar-refractivity contribution >= 4 is 5.96 Å². The summed E-state index contributed by atoms with van der Waals surface area (Å²) in [5.41, 5.74) is 9.42. The van der Waals surface area contributed by atoms with Crippen LogP contribution in [0.5, 0.6) is 0 Å². The first-order chi connectivity index (χ1) is 13.7. The number of nitrogens with two attached hydrogens (primary N) is 1. The molecule has 1 aromatic heterocycles. The Morgan fingerprint density at radius 2 is 1.93 bits per heavy atom. The molecule has 1 atom stereocenters. The van der Waals surface area contributed by atoms with Crippen molar-refractivity contribution in [1.82, 2.24) is 15.3 Å². The minimum Gasteiger partial charge on any atom is -0.370 e. The summed E-state index contributed by atoms with van der Waals surface area (Å²) in [5.74, 6) is 0.335. The molecule has 5 nitrogen and oxygen atoms in total. The van der Waals surface area contributed by atoms with E-state index in [0.717, 1.165) is 37.1 Å². The van der Waals surface area contributed by atoms with Crippen LogP contribution in [-0.2, 0) is 12.8 Å². The number of H-pyrrole nitrogens is 1. The first kappa shape index (κ1) is 19.6. The predicted molar refractivity (Wildman–Crippen MR) is 111 cm³/mol. The number of benzene rings is 2. The van der Waals surface area contributed by atoms with Gasteiger partial charge in [0.25, 0.3) is 0 Å². The van der Waals surface area contributed by atoms with E-state index < -0.39 is 0 Å². The van der Waals surface area contributed by atoms with Crippen LogP contribution in [0.4, 0.5) is 4.39 Å². The van der Waals surface area contributed by atoms with E-state index in [1.807, 2.05) is 36.5 Å². The molecular weight excluding hydrogens is 353 g/mol. The normalized spacial score (nSPS) is 12.7. The maximum Gasteiger partial charge on any atom is 0.188 e. The van der Waals surface area contributed by atoms with Crippen LogP contribution in [-0.4, -0.2) is 29.0 Å². The van der Waals surface area contributed by atoms with Crippen LogP contribution in [0.25, 0.3) is 0 Å². The smallest absolute Gasteiger partial charge is 0.188 e. The van der Waals surface area contributed by atoms with Crippen LogP contribution < -0.4 is 11.1 Å². The number of aromatic amines is 1. The van der Waals surface area contributed by atoms with E-state index in [0.29, 0.717) is 12.5 Å². The predicted octanol–water partition coefficient (Wildman–Crippen LogP) is 3.41. The highest BCUT2D eigenvalue weighted by Crippen LogP contribution is 2.22. The Hall–Kier alpha value is -3.15. The van der Waals surface area contributed by atoms with Crippen LogP contribution >= 0.6 is 0 Å². The van der Waals surface area contributed by atoms with E-state index >= 15 is 0 Å². The summed E-state index contributed by atoms with van der Waals surface area (Å²) in [4.78, 5) is 11.6. The fourth-order valence-electron chi connectivity index (χ4n) is 3.10. The van der Waals surface area contributed by atoms with E-state index in [1.54, 1.807) is 6.33 Å². The second kappa shape index (κ2) is 10.3. The van der Waals surface area contributed by atoms with Gasteiger partial charge in [-0.3, -0.25) is 4.99 Å². The van der Waals surface area contributed by atoms with Crippen molar-refractivity contribution in [3.63, 3.8) is 0 Å². The van der Waals surface area contributed by atoms with Gasteiger partial charge in [-0.25, -0.2) is 9.37 Å². The van der Waals surface area contributed by atoms with Crippen molar-refractivity contribution in [3.05, 3.63) is 89.8 Å². The summed E-state index contributed by atoms with van der Waals surface area (Å²) in [6.45, 7) is 1.29. The molecule has 3 rings (SSSR count). The van der Waals surface area contributed by atoms with E-state index in [9.17, 15) is 4.39 Å². The van der Waals surface area contributed by atoms with E-state index in [1.165, 1.54) is 17.7 Å². The third-order valence-electron chi connectivity index (χ3n) is 4.63. The average molecular weight is 379 g/mol. The van der Waals surface area contributed by atoms with Crippen LogP contribution in [0.2, 0.25) is 0 Å². The Bertz CT molecular complexity index is 844. The number of hydrogen-bond acceptors (Lipinski definition) is 2. The van der Waals surface area contributed by atoms with Gasteiger partial charge >= 0.3 is 0 Å². The quantitative estimate of drug-likeness (QED) is 0.303.